The summed E-state index contributed by atoms with van der Waals surface area (Å²) in [4.78, 5) is 25.2. The summed E-state index contributed by atoms with van der Waals surface area (Å²) >= 11 is 0. The highest BCUT2D eigenvalue weighted by molar-refractivity contribution is 5.78. The van der Waals surface area contributed by atoms with Gasteiger partial charge in [-0.1, -0.05) is 0 Å². The van der Waals surface area contributed by atoms with Crippen molar-refractivity contribution < 1.29 is 57.0 Å². The molecule has 202 valence electrons. The Labute approximate surface area is 202 Å². The minimum atomic E-state index is -1.95. The number of ether oxygens (including phenoxy) is 10. The lowest BCUT2D eigenvalue weighted by Gasteiger charge is -2.36. The van der Waals surface area contributed by atoms with Crippen molar-refractivity contribution in [1.82, 2.24) is 0 Å². The van der Waals surface area contributed by atoms with Crippen LogP contribution < -0.4 is 0 Å². The van der Waals surface area contributed by atoms with Gasteiger partial charge in [-0.25, -0.2) is 0 Å². The van der Waals surface area contributed by atoms with E-state index in [0.29, 0.717) is 0 Å². The van der Waals surface area contributed by atoms with Crippen molar-refractivity contribution in [2.75, 3.05) is 53.9 Å². The summed E-state index contributed by atoms with van der Waals surface area (Å²) in [5.41, 5.74) is 0. The van der Waals surface area contributed by atoms with E-state index >= 15 is 0 Å². The van der Waals surface area contributed by atoms with E-state index in [1.165, 1.54) is 14.2 Å². The van der Waals surface area contributed by atoms with Crippen LogP contribution >= 0.6 is 0 Å². The number of hydrogen-bond acceptors (Lipinski definition) is 12. The van der Waals surface area contributed by atoms with Gasteiger partial charge in [0.25, 0.3) is 12.6 Å². The van der Waals surface area contributed by atoms with Crippen LogP contribution in [0.5, 0.6) is 0 Å². The second kappa shape index (κ2) is 18.0. The molecule has 2 unspecified atom stereocenters. The van der Waals surface area contributed by atoms with Crippen molar-refractivity contribution in [3.8, 4) is 0 Å². The van der Waals surface area contributed by atoms with Crippen molar-refractivity contribution >= 4 is 11.9 Å². The SMILES string of the molecule is CCOC(OCC)C(OC)(OCC)OC(=O)CCC(=O)OC(OC)(OCC)C(OCC)OCC. The van der Waals surface area contributed by atoms with Gasteiger partial charge in [-0.05, 0) is 41.5 Å². The zero-order valence-electron chi connectivity index (χ0n) is 21.7. The van der Waals surface area contributed by atoms with Crippen molar-refractivity contribution in [2.24, 2.45) is 0 Å². The number of carbonyl (C=O) groups is 2. The molecule has 0 aromatic rings. The van der Waals surface area contributed by atoms with Gasteiger partial charge in [-0.2, -0.15) is 0 Å². The van der Waals surface area contributed by atoms with Crippen LogP contribution in [-0.2, 0) is 57.0 Å². The first-order valence-corrected chi connectivity index (χ1v) is 11.6. The standard InChI is InChI=1S/C22H42O12/c1-9-27-19(28-10-2)21(25-7,31-13-5)33-17(23)15-16-18(24)34-22(26-8,32-14-6)20(29-11-3)30-12-4/h19-20H,9-16H2,1-8H3. The molecule has 0 aromatic carbocycles. The average Bonchev–Trinajstić information content (AvgIpc) is 2.82. The van der Waals surface area contributed by atoms with Crippen LogP contribution in [0.1, 0.15) is 54.4 Å². The highest BCUT2D eigenvalue weighted by Crippen LogP contribution is 2.27. The highest BCUT2D eigenvalue weighted by atomic mass is 16.9. The molecular formula is C22H42O12. The zero-order chi connectivity index (χ0) is 26.0. The number of esters is 2. The molecule has 0 saturated carbocycles. The largest absolute Gasteiger partial charge is 0.404 e. The lowest BCUT2D eigenvalue weighted by molar-refractivity contribution is -0.434. The molecule has 12 nitrogen and oxygen atoms in total. The van der Waals surface area contributed by atoms with Gasteiger partial charge in [0.1, 0.15) is 0 Å². The molecule has 0 aliphatic rings. The van der Waals surface area contributed by atoms with Crippen molar-refractivity contribution in [2.45, 2.75) is 78.9 Å². The van der Waals surface area contributed by atoms with Crippen LogP contribution in [0.2, 0.25) is 0 Å². The molecule has 0 aliphatic carbocycles. The molecule has 0 aromatic heterocycles. The molecule has 0 N–H and O–H groups in total. The predicted octanol–water partition coefficient (Wildman–Crippen LogP) is 2.32. The Morgan fingerprint density at radius 3 is 1.06 bits per heavy atom. The third kappa shape index (κ3) is 10.1. The Hall–Kier alpha value is -1.38. The fourth-order valence-corrected chi connectivity index (χ4v) is 2.82. The summed E-state index contributed by atoms with van der Waals surface area (Å²) in [5, 5.41) is 0. The van der Waals surface area contributed by atoms with E-state index in [1.54, 1.807) is 41.5 Å². The molecule has 12 heteroatoms. The van der Waals surface area contributed by atoms with Gasteiger partial charge in [-0.15, -0.1) is 0 Å². The van der Waals surface area contributed by atoms with Gasteiger partial charge < -0.3 is 47.4 Å². The van der Waals surface area contributed by atoms with Crippen molar-refractivity contribution in [3.05, 3.63) is 0 Å². The molecule has 0 amide bonds. The van der Waals surface area contributed by atoms with Gasteiger partial charge in [0.05, 0.1) is 26.1 Å². The minimum absolute atomic E-state index is 0.140. The Kier molecular flexibility index (Phi) is 17.2. The predicted molar refractivity (Wildman–Crippen MR) is 118 cm³/mol. The summed E-state index contributed by atoms with van der Waals surface area (Å²) < 4.78 is 54.6. The number of hydrogen-bond donors (Lipinski definition) is 0. The first-order valence-electron chi connectivity index (χ1n) is 11.6. The fraction of sp³-hybridized carbons (Fsp3) is 0.909. The zero-order valence-corrected chi connectivity index (χ0v) is 21.7. The second-order valence-corrected chi connectivity index (χ2v) is 6.41. The van der Waals surface area contributed by atoms with E-state index in [2.05, 4.69) is 0 Å². The molecule has 0 rings (SSSR count). The van der Waals surface area contributed by atoms with Crippen molar-refractivity contribution in [3.63, 3.8) is 0 Å². The van der Waals surface area contributed by atoms with E-state index in [1.807, 2.05) is 0 Å². The first kappa shape index (κ1) is 32.6. The summed E-state index contributed by atoms with van der Waals surface area (Å²) in [6.07, 6.45) is -3.00. The van der Waals surface area contributed by atoms with Gasteiger partial charge >= 0.3 is 23.9 Å². The lowest BCUT2D eigenvalue weighted by atomic mass is 10.3. The van der Waals surface area contributed by atoms with Gasteiger partial charge in [0.2, 0.25) is 0 Å². The molecule has 0 aliphatic heterocycles. The smallest absolute Gasteiger partial charge is 0.383 e. The minimum Gasteiger partial charge on any atom is -0.404 e. The molecule has 0 heterocycles. The molecule has 34 heavy (non-hydrogen) atoms. The summed E-state index contributed by atoms with van der Waals surface area (Å²) in [6.45, 7) is 11.7. The van der Waals surface area contributed by atoms with E-state index in [4.69, 9.17) is 47.4 Å². The number of carbonyl (C=O) groups excluding carboxylic acids is 2. The topological polar surface area (TPSA) is 126 Å². The number of methoxy groups -OCH3 is 2. The Morgan fingerprint density at radius 2 is 0.853 bits per heavy atom. The van der Waals surface area contributed by atoms with Crippen LogP contribution in [-0.4, -0.2) is 90.3 Å². The van der Waals surface area contributed by atoms with Gasteiger partial charge in [-0.3, -0.25) is 9.59 Å². The van der Waals surface area contributed by atoms with Crippen LogP contribution in [0.3, 0.4) is 0 Å². The van der Waals surface area contributed by atoms with Gasteiger partial charge in [0.15, 0.2) is 0 Å². The van der Waals surface area contributed by atoms with Crippen LogP contribution in [0, 0.1) is 0 Å². The van der Waals surface area contributed by atoms with Crippen LogP contribution in [0.25, 0.3) is 0 Å². The Morgan fingerprint density at radius 1 is 0.559 bits per heavy atom. The maximum atomic E-state index is 12.6. The summed E-state index contributed by atoms with van der Waals surface area (Å²) in [7, 11) is 2.58. The average molecular weight is 499 g/mol. The third-order valence-electron chi connectivity index (χ3n) is 4.16. The molecule has 0 saturated heterocycles. The summed E-state index contributed by atoms with van der Waals surface area (Å²) in [6, 6.07) is 0. The van der Waals surface area contributed by atoms with Crippen LogP contribution in [0.4, 0.5) is 0 Å². The van der Waals surface area contributed by atoms with E-state index in [0.717, 1.165) is 0 Å². The maximum absolute atomic E-state index is 12.6. The normalized spacial score (nSPS) is 15.2. The Bertz CT molecular complexity index is 500. The monoisotopic (exact) mass is 498 g/mol. The molecule has 0 bridgehead atoms. The molecule has 0 fully saturated rings. The quantitative estimate of drug-likeness (QED) is 0.170. The maximum Gasteiger partial charge on any atom is 0.383 e. The van der Waals surface area contributed by atoms with Crippen LogP contribution in [0.15, 0.2) is 0 Å². The number of rotatable bonds is 21. The molecular weight excluding hydrogens is 456 g/mol. The van der Waals surface area contributed by atoms with Gasteiger partial charge in [0, 0.05) is 40.6 Å². The lowest BCUT2D eigenvalue weighted by Crippen LogP contribution is -2.53. The van der Waals surface area contributed by atoms with Crippen molar-refractivity contribution in [1.29, 1.82) is 0 Å². The first-order chi connectivity index (χ1) is 16.3. The molecule has 0 spiro atoms. The highest BCUT2D eigenvalue weighted by Gasteiger charge is 2.48. The summed E-state index contributed by atoms with van der Waals surface area (Å²) in [5.74, 6) is -5.50. The Balaban J connectivity index is 5.38. The fourth-order valence-electron chi connectivity index (χ4n) is 2.82. The third-order valence-corrected chi connectivity index (χ3v) is 4.16. The van der Waals surface area contributed by atoms with E-state index < -0.39 is 36.5 Å². The molecule has 2 atom stereocenters. The molecule has 0 radical (unpaired) electrons. The van der Waals surface area contributed by atoms with E-state index in [-0.39, 0.29) is 52.5 Å². The second-order valence-electron chi connectivity index (χ2n) is 6.41. The van der Waals surface area contributed by atoms with E-state index in [9.17, 15) is 9.59 Å².